The molecule has 5 nitrogen and oxygen atoms in total. The number of carbonyl (C=O) groups excluding carboxylic acids is 2. The van der Waals surface area contributed by atoms with Crippen LogP contribution in [0, 0.1) is 0 Å². The third-order valence-electron chi connectivity index (χ3n) is 3.02. The first-order valence-corrected chi connectivity index (χ1v) is 6.80. The Kier molecular flexibility index (Phi) is 4.17. The smallest absolute Gasteiger partial charge is 0.345 e. The molecule has 0 saturated carbocycles. The summed E-state index contributed by atoms with van der Waals surface area (Å²) in [6, 6.07) is 1.87. The van der Waals surface area contributed by atoms with Gasteiger partial charge in [0.25, 0.3) is 5.91 Å². The Balaban J connectivity index is 2.04. The highest BCUT2D eigenvalue weighted by atomic mass is 32.1. The molecule has 112 valence electrons. The maximum absolute atomic E-state index is 13.2. The number of halogens is 2. The monoisotopic (exact) mass is 315 g/mol. The van der Waals surface area contributed by atoms with E-state index in [-0.39, 0.29) is 11.4 Å². The Bertz CT molecular complexity index is 611. The third-order valence-corrected chi connectivity index (χ3v) is 4.06. The van der Waals surface area contributed by atoms with Crippen molar-refractivity contribution in [2.24, 2.45) is 0 Å². The molecule has 0 radical (unpaired) electrons. The average molecular weight is 315 g/mol. The lowest BCUT2D eigenvalue weighted by atomic mass is 10.2. The van der Waals surface area contributed by atoms with Gasteiger partial charge in [-0.25, -0.2) is 4.79 Å². The maximum atomic E-state index is 13.2. The first kappa shape index (κ1) is 15.3. The summed E-state index contributed by atoms with van der Waals surface area (Å²) < 4.78 is 26.5. The van der Waals surface area contributed by atoms with Gasteiger partial charge in [0.1, 0.15) is 11.2 Å². The molecule has 1 unspecified atom stereocenters. The predicted molar refractivity (Wildman–Crippen MR) is 71.4 cm³/mol. The van der Waals surface area contributed by atoms with Crippen molar-refractivity contribution < 1.29 is 28.3 Å². The highest BCUT2D eigenvalue weighted by Gasteiger charge is 2.52. The molecule has 21 heavy (non-hydrogen) atoms. The number of rotatable bonds is 5. The SMILES string of the molecule is O=CC1CC(F)(F)C(=O)N1C/C=C/c1ccc(C(=O)O)s1. The van der Waals surface area contributed by atoms with Crippen molar-refractivity contribution >= 4 is 35.6 Å². The lowest BCUT2D eigenvalue weighted by Gasteiger charge is -2.17. The third kappa shape index (κ3) is 3.15. The molecule has 0 aromatic carbocycles. The summed E-state index contributed by atoms with van der Waals surface area (Å²) in [7, 11) is 0. The lowest BCUT2D eigenvalue weighted by molar-refractivity contribution is -0.147. The summed E-state index contributed by atoms with van der Waals surface area (Å²) in [5, 5.41) is 8.77. The van der Waals surface area contributed by atoms with Gasteiger partial charge in [0.2, 0.25) is 0 Å². The number of amides is 1. The van der Waals surface area contributed by atoms with Gasteiger partial charge in [0.05, 0.1) is 6.04 Å². The number of alkyl halides is 2. The number of likely N-dealkylation sites (tertiary alicyclic amines) is 1. The van der Waals surface area contributed by atoms with Gasteiger partial charge < -0.3 is 14.8 Å². The fourth-order valence-electron chi connectivity index (χ4n) is 2.00. The second-order valence-electron chi connectivity index (χ2n) is 4.48. The number of aromatic carboxylic acids is 1. The van der Waals surface area contributed by atoms with Crippen LogP contribution in [0.15, 0.2) is 18.2 Å². The number of hydrogen-bond donors (Lipinski definition) is 1. The molecule has 1 amide bonds. The van der Waals surface area contributed by atoms with Gasteiger partial charge in [-0.1, -0.05) is 6.08 Å². The van der Waals surface area contributed by atoms with E-state index in [0.29, 0.717) is 11.2 Å². The van der Waals surface area contributed by atoms with Gasteiger partial charge in [-0.15, -0.1) is 11.3 Å². The first-order valence-electron chi connectivity index (χ1n) is 5.99. The minimum absolute atomic E-state index is 0.127. The lowest BCUT2D eigenvalue weighted by Crippen LogP contribution is -2.37. The van der Waals surface area contributed by atoms with Gasteiger partial charge in [-0.3, -0.25) is 4.79 Å². The van der Waals surface area contributed by atoms with Crippen LogP contribution in [0.1, 0.15) is 21.0 Å². The van der Waals surface area contributed by atoms with Crippen molar-refractivity contribution in [3.8, 4) is 0 Å². The molecule has 1 aliphatic heterocycles. The van der Waals surface area contributed by atoms with E-state index in [0.717, 1.165) is 16.2 Å². The summed E-state index contributed by atoms with van der Waals surface area (Å²) in [4.78, 5) is 34.5. The van der Waals surface area contributed by atoms with Crippen LogP contribution in [-0.2, 0) is 9.59 Å². The Morgan fingerprint density at radius 2 is 2.24 bits per heavy atom. The van der Waals surface area contributed by atoms with Crippen LogP contribution >= 0.6 is 11.3 Å². The molecule has 1 aromatic heterocycles. The standard InChI is InChI=1S/C13H11F2NO4S/c14-13(15)6-8(7-17)16(12(13)20)5-1-2-9-3-4-10(21-9)11(18)19/h1-4,7-8H,5-6H2,(H,18,19)/b2-1+. The second kappa shape index (κ2) is 5.72. The summed E-state index contributed by atoms with van der Waals surface area (Å²) in [5.74, 6) is -5.91. The quantitative estimate of drug-likeness (QED) is 0.842. The summed E-state index contributed by atoms with van der Waals surface area (Å²) in [5.41, 5.74) is 0. The van der Waals surface area contributed by atoms with E-state index in [1.807, 2.05) is 0 Å². The minimum atomic E-state index is -3.50. The molecule has 0 aliphatic carbocycles. The minimum Gasteiger partial charge on any atom is -0.477 e. The zero-order chi connectivity index (χ0) is 15.6. The number of carboxylic acids is 1. The molecule has 2 heterocycles. The normalized spacial score (nSPS) is 21.1. The molecule has 2 rings (SSSR count). The second-order valence-corrected chi connectivity index (χ2v) is 5.59. The topological polar surface area (TPSA) is 74.7 Å². The molecule has 0 spiro atoms. The largest absolute Gasteiger partial charge is 0.477 e. The molecule has 1 saturated heterocycles. The number of carboxylic acid groups (broad SMARTS) is 1. The highest BCUT2D eigenvalue weighted by Crippen LogP contribution is 2.32. The Morgan fingerprint density at radius 3 is 2.81 bits per heavy atom. The molecule has 8 heteroatoms. The highest BCUT2D eigenvalue weighted by molar-refractivity contribution is 7.14. The zero-order valence-corrected chi connectivity index (χ0v) is 11.5. The molecular weight excluding hydrogens is 304 g/mol. The first-order chi connectivity index (χ1) is 9.85. The molecular formula is C13H11F2NO4S. The Hall–Kier alpha value is -2.09. The maximum Gasteiger partial charge on any atom is 0.345 e. The van der Waals surface area contributed by atoms with Crippen LogP contribution in [0.2, 0.25) is 0 Å². The fraction of sp³-hybridized carbons (Fsp3) is 0.308. The average Bonchev–Trinajstić information content (AvgIpc) is 2.97. The molecule has 1 atom stereocenters. The van der Waals surface area contributed by atoms with Gasteiger partial charge in [0, 0.05) is 17.8 Å². The van der Waals surface area contributed by atoms with Gasteiger partial charge in [0.15, 0.2) is 0 Å². The number of aldehydes is 1. The fourth-order valence-corrected chi connectivity index (χ4v) is 2.78. The van der Waals surface area contributed by atoms with E-state index in [1.54, 1.807) is 6.07 Å². The molecule has 1 N–H and O–H groups in total. The van der Waals surface area contributed by atoms with E-state index in [9.17, 15) is 23.2 Å². The molecule has 1 aliphatic rings. The van der Waals surface area contributed by atoms with Crippen LogP contribution < -0.4 is 0 Å². The van der Waals surface area contributed by atoms with E-state index in [4.69, 9.17) is 5.11 Å². The number of hydrogen-bond acceptors (Lipinski definition) is 4. The Labute approximate surface area is 122 Å². The van der Waals surface area contributed by atoms with Crippen molar-refractivity contribution in [3.05, 3.63) is 28.0 Å². The van der Waals surface area contributed by atoms with Crippen LogP contribution in [0.3, 0.4) is 0 Å². The van der Waals surface area contributed by atoms with Crippen LogP contribution in [0.4, 0.5) is 8.78 Å². The number of carbonyl (C=O) groups is 3. The van der Waals surface area contributed by atoms with E-state index in [1.165, 1.54) is 18.2 Å². The summed E-state index contributed by atoms with van der Waals surface area (Å²) >= 11 is 1.02. The number of thiophene rings is 1. The Morgan fingerprint density at radius 1 is 1.52 bits per heavy atom. The van der Waals surface area contributed by atoms with Crippen LogP contribution in [0.5, 0.6) is 0 Å². The van der Waals surface area contributed by atoms with Gasteiger partial charge in [-0.05, 0) is 18.2 Å². The van der Waals surface area contributed by atoms with Crippen molar-refractivity contribution in [3.63, 3.8) is 0 Å². The van der Waals surface area contributed by atoms with E-state index < -0.39 is 30.3 Å². The molecule has 1 fully saturated rings. The molecule has 1 aromatic rings. The van der Waals surface area contributed by atoms with Crippen LogP contribution in [0.25, 0.3) is 6.08 Å². The summed E-state index contributed by atoms with van der Waals surface area (Å²) in [6.45, 7) is -0.127. The van der Waals surface area contributed by atoms with Gasteiger partial charge in [-0.2, -0.15) is 8.78 Å². The predicted octanol–water partition coefficient (Wildman–Crippen LogP) is 1.89. The zero-order valence-electron chi connectivity index (χ0n) is 10.7. The van der Waals surface area contributed by atoms with Crippen LogP contribution in [-0.4, -0.2) is 46.7 Å². The van der Waals surface area contributed by atoms with E-state index >= 15 is 0 Å². The van der Waals surface area contributed by atoms with Crippen molar-refractivity contribution in [2.45, 2.75) is 18.4 Å². The van der Waals surface area contributed by atoms with Crippen molar-refractivity contribution in [1.29, 1.82) is 0 Å². The van der Waals surface area contributed by atoms with Crippen molar-refractivity contribution in [1.82, 2.24) is 4.90 Å². The van der Waals surface area contributed by atoms with E-state index in [2.05, 4.69) is 0 Å². The number of nitrogens with zero attached hydrogens (tertiary/aromatic N) is 1. The van der Waals surface area contributed by atoms with Gasteiger partial charge >= 0.3 is 11.9 Å². The summed E-state index contributed by atoms with van der Waals surface area (Å²) in [6.07, 6.45) is 2.52. The molecule has 0 bridgehead atoms. The van der Waals surface area contributed by atoms with Crippen molar-refractivity contribution in [2.75, 3.05) is 6.54 Å².